The zero-order chi connectivity index (χ0) is 23.7. The molecule has 0 radical (unpaired) electrons. The highest BCUT2D eigenvalue weighted by Gasteiger charge is 2.24. The molecule has 7 nitrogen and oxygen atoms in total. The van der Waals surface area contributed by atoms with Gasteiger partial charge in [0.25, 0.3) is 5.56 Å². The predicted octanol–water partition coefficient (Wildman–Crippen LogP) is 3.94. The lowest BCUT2D eigenvalue weighted by Gasteiger charge is -2.36. The number of carbonyl (C=O) groups excluding carboxylic acids is 1. The molecule has 0 bridgehead atoms. The number of rotatable bonds is 5. The third-order valence-electron chi connectivity index (χ3n) is 5.85. The highest BCUT2D eigenvalue weighted by Crippen LogP contribution is 2.29. The fourth-order valence-corrected chi connectivity index (χ4v) is 5.40. The van der Waals surface area contributed by atoms with Crippen LogP contribution in [0.5, 0.6) is 0 Å². The first kappa shape index (κ1) is 22.8. The molecule has 1 saturated heterocycles. The van der Waals surface area contributed by atoms with Crippen LogP contribution in [0.2, 0.25) is 10.0 Å². The van der Waals surface area contributed by atoms with Gasteiger partial charge >= 0.3 is 0 Å². The number of nitrogens with zero attached hydrogens (tertiary/aromatic N) is 5. The lowest BCUT2D eigenvalue weighted by Crippen LogP contribution is -2.49. The quantitative estimate of drug-likeness (QED) is 0.404. The largest absolute Gasteiger partial charge is 0.367 e. The van der Waals surface area contributed by atoms with E-state index in [0.717, 1.165) is 16.9 Å². The average Bonchev–Trinajstić information content (AvgIpc) is 3.21. The molecule has 34 heavy (non-hydrogen) atoms. The van der Waals surface area contributed by atoms with E-state index in [0.29, 0.717) is 53.3 Å². The van der Waals surface area contributed by atoms with Gasteiger partial charge in [-0.15, -0.1) is 11.3 Å². The average molecular weight is 514 g/mol. The molecule has 0 unspecified atom stereocenters. The second-order valence-corrected chi connectivity index (χ2v) is 9.77. The maximum atomic E-state index is 13.1. The van der Waals surface area contributed by atoms with Crippen molar-refractivity contribution < 1.29 is 4.79 Å². The molecule has 2 aromatic heterocycles. The van der Waals surface area contributed by atoms with Gasteiger partial charge < -0.3 is 9.80 Å². The van der Waals surface area contributed by atoms with Crippen molar-refractivity contribution in [3.05, 3.63) is 91.3 Å². The van der Waals surface area contributed by atoms with Crippen molar-refractivity contribution in [3.8, 4) is 0 Å². The topological polar surface area (TPSA) is 70.8 Å². The van der Waals surface area contributed by atoms with Crippen LogP contribution in [0.4, 0.5) is 5.69 Å². The molecule has 1 aliphatic heterocycles. The number of benzene rings is 2. The van der Waals surface area contributed by atoms with Crippen LogP contribution in [0.3, 0.4) is 0 Å². The third kappa shape index (κ3) is 4.80. The molecule has 10 heteroatoms. The van der Waals surface area contributed by atoms with Crippen molar-refractivity contribution in [2.45, 2.75) is 12.8 Å². The Labute approximate surface area is 210 Å². The molecule has 0 aliphatic carbocycles. The molecule has 0 saturated carbocycles. The Morgan fingerprint density at radius 3 is 2.53 bits per heavy atom. The molecule has 0 spiro atoms. The van der Waals surface area contributed by atoms with E-state index in [9.17, 15) is 9.59 Å². The van der Waals surface area contributed by atoms with E-state index in [4.69, 9.17) is 23.2 Å². The number of anilines is 1. The van der Waals surface area contributed by atoms with Crippen LogP contribution < -0.4 is 10.5 Å². The van der Waals surface area contributed by atoms with Crippen LogP contribution in [0, 0.1) is 0 Å². The fraction of sp³-hybridized carbons (Fsp3) is 0.250. The van der Waals surface area contributed by atoms with E-state index in [1.54, 1.807) is 10.6 Å². The predicted molar refractivity (Wildman–Crippen MR) is 135 cm³/mol. The Kier molecular flexibility index (Phi) is 6.54. The van der Waals surface area contributed by atoms with Crippen LogP contribution in [0.25, 0.3) is 4.96 Å². The maximum absolute atomic E-state index is 13.1. The summed E-state index contributed by atoms with van der Waals surface area (Å²) in [5.41, 5.74) is 2.67. The molecule has 5 rings (SSSR count). The van der Waals surface area contributed by atoms with Gasteiger partial charge in [-0.25, -0.2) is 4.52 Å². The lowest BCUT2D eigenvalue weighted by atomic mass is 10.1. The van der Waals surface area contributed by atoms with E-state index < -0.39 is 0 Å². The Bertz CT molecular complexity index is 1400. The Hall–Kier alpha value is -2.94. The van der Waals surface area contributed by atoms with Crippen molar-refractivity contribution in [3.63, 3.8) is 0 Å². The summed E-state index contributed by atoms with van der Waals surface area (Å²) < 4.78 is 1.63. The van der Waals surface area contributed by atoms with Gasteiger partial charge in [0.1, 0.15) is 5.69 Å². The van der Waals surface area contributed by atoms with Crippen LogP contribution in [-0.2, 0) is 17.6 Å². The molecule has 0 N–H and O–H groups in total. The number of fused-ring (bicyclic) bond motifs is 1. The minimum absolute atomic E-state index is 0.0201. The van der Waals surface area contributed by atoms with Crippen LogP contribution in [0.1, 0.15) is 17.0 Å². The molecule has 1 aliphatic rings. The fourth-order valence-electron chi connectivity index (χ4n) is 4.06. The number of amides is 1. The van der Waals surface area contributed by atoms with Gasteiger partial charge in [-0.3, -0.25) is 9.59 Å². The molecule has 1 fully saturated rings. The first-order chi connectivity index (χ1) is 16.5. The van der Waals surface area contributed by atoms with Crippen molar-refractivity contribution >= 4 is 51.1 Å². The van der Waals surface area contributed by atoms with Gasteiger partial charge in [0, 0.05) is 43.0 Å². The maximum Gasteiger partial charge on any atom is 0.296 e. The summed E-state index contributed by atoms with van der Waals surface area (Å²) in [6.07, 6.45) is 0.595. The van der Waals surface area contributed by atoms with Gasteiger partial charge in [0.15, 0.2) is 0 Å². The van der Waals surface area contributed by atoms with E-state index in [1.807, 2.05) is 52.7 Å². The van der Waals surface area contributed by atoms with Crippen molar-refractivity contribution in [2.75, 3.05) is 31.1 Å². The zero-order valence-electron chi connectivity index (χ0n) is 18.2. The van der Waals surface area contributed by atoms with E-state index >= 15 is 0 Å². The normalized spacial score (nSPS) is 14.1. The summed E-state index contributed by atoms with van der Waals surface area (Å²) in [6.45, 7) is 2.57. The van der Waals surface area contributed by atoms with E-state index in [1.165, 1.54) is 11.3 Å². The third-order valence-corrected chi connectivity index (χ3v) is 7.25. The minimum atomic E-state index is -0.333. The standard InChI is InChI=1S/C24H21Cl2N5O2S/c25-17-6-7-21(19(26)13-17)29-8-10-30(11-9-29)22(32)14-18-15-34-24-27-23(33)20(28-31(18)24)12-16-4-2-1-3-5-16/h1-7,13,15H,8-12,14H2. The number of hydrogen-bond acceptors (Lipinski definition) is 6. The summed E-state index contributed by atoms with van der Waals surface area (Å²) in [6, 6.07) is 15.1. The second kappa shape index (κ2) is 9.74. The van der Waals surface area contributed by atoms with E-state index in [2.05, 4.69) is 15.0 Å². The van der Waals surface area contributed by atoms with Gasteiger partial charge in [-0.2, -0.15) is 10.1 Å². The molecule has 4 aromatic rings. The van der Waals surface area contributed by atoms with Gasteiger partial charge in [-0.1, -0.05) is 53.5 Å². The second-order valence-electron chi connectivity index (χ2n) is 8.09. The number of thiazole rings is 1. The van der Waals surface area contributed by atoms with Crippen LogP contribution in [0.15, 0.2) is 58.7 Å². The highest BCUT2D eigenvalue weighted by molar-refractivity contribution is 7.15. The molecular weight excluding hydrogens is 493 g/mol. The van der Waals surface area contributed by atoms with Crippen LogP contribution in [-0.4, -0.2) is 51.6 Å². The smallest absolute Gasteiger partial charge is 0.296 e. The molecule has 0 atom stereocenters. The lowest BCUT2D eigenvalue weighted by molar-refractivity contribution is -0.130. The molecular formula is C24H21Cl2N5O2S. The number of halogens is 2. The number of piperazine rings is 1. The summed E-state index contributed by atoms with van der Waals surface area (Å²) in [4.78, 5) is 34.2. The molecule has 2 aromatic carbocycles. The number of hydrogen-bond donors (Lipinski definition) is 0. The minimum Gasteiger partial charge on any atom is -0.367 e. The van der Waals surface area contributed by atoms with Gasteiger partial charge in [-0.05, 0) is 23.8 Å². The van der Waals surface area contributed by atoms with Gasteiger partial charge in [0.2, 0.25) is 10.9 Å². The Morgan fingerprint density at radius 1 is 1.03 bits per heavy atom. The van der Waals surface area contributed by atoms with Crippen molar-refractivity contribution in [2.24, 2.45) is 0 Å². The van der Waals surface area contributed by atoms with Crippen molar-refractivity contribution in [1.82, 2.24) is 19.5 Å². The first-order valence-corrected chi connectivity index (χ1v) is 12.5. The monoisotopic (exact) mass is 513 g/mol. The van der Waals surface area contributed by atoms with Crippen LogP contribution >= 0.6 is 34.5 Å². The Morgan fingerprint density at radius 2 is 1.79 bits per heavy atom. The number of aromatic nitrogens is 3. The SMILES string of the molecule is O=C(Cc1csc2nc(=O)c(Cc3ccccc3)nn12)N1CCN(c2ccc(Cl)cc2Cl)CC1. The molecule has 1 amide bonds. The molecule has 3 heterocycles. The Balaban J connectivity index is 1.28. The summed E-state index contributed by atoms with van der Waals surface area (Å²) in [5, 5.41) is 7.60. The van der Waals surface area contributed by atoms with Gasteiger partial charge in [0.05, 0.1) is 22.8 Å². The highest BCUT2D eigenvalue weighted by atomic mass is 35.5. The first-order valence-electron chi connectivity index (χ1n) is 10.9. The number of carbonyl (C=O) groups is 1. The summed E-state index contributed by atoms with van der Waals surface area (Å²) in [5.74, 6) is 0.0201. The summed E-state index contributed by atoms with van der Waals surface area (Å²) >= 11 is 13.7. The van der Waals surface area contributed by atoms with E-state index in [-0.39, 0.29) is 17.9 Å². The zero-order valence-corrected chi connectivity index (χ0v) is 20.5. The van der Waals surface area contributed by atoms with Crippen molar-refractivity contribution in [1.29, 1.82) is 0 Å². The summed E-state index contributed by atoms with van der Waals surface area (Å²) in [7, 11) is 0. The molecule has 174 valence electrons.